The highest BCUT2D eigenvalue weighted by Gasteiger charge is 2.11. The first-order valence-corrected chi connectivity index (χ1v) is 8.37. The fourth-order valence-electron chi connectivity index (χ4n) is 2.06. The molecule has 0 saturated heterocycles. The van der Waals surface area contributed by atoms with E-state index in [4.69, 9.17) is 4.98 Å². The first-order chi connectivity index (χ1) is 10.2. The molecule has 0 bridgehead atoms. The Kier molecular flexibility index (Phi) is 6.14. The van der Waals surface area contributed by atoms with Crippen molar-refractivity contribution in [3.63, 3.8) is 0 Å². The SMILES string of the molecule is CCCNC(C)c1csc(N(C)CCc2ccncc2)n1. The van der Waals surface area contributed by atoms with Gasteiger partial charge in [0, 0.05) is 37.4 Å². The summed E-state index contributed by atoms with van der Waals surface area (Å²) in [5.74, 6) is 0. The smallest absolute Gasteiger partial charge is 0.185 e. The molecule has 0 fully saturated rings. The average molecular weight is 304 g/mol. The quantitative estimate of drug-likeness (QED) is 0.812. The second-order valence-corrected chi connectivity index (χ2v) is 6.09. The Hall–Kier alpha value is -1.46. The van der Waals surface area contributed by atoms with Crippen LogP contribution in [0.25, 0.3) is 0 Å². The highest BCUT2D eigenvalue weighted by molar-refractivity contribution is 7.13. The fraction of sp³-hybridized carbons (Fsp3) is 0.500. The Morgan fingerprint density at radius 3 is 2.81 bits per heavy atom. The van der Waals surface area contributed by atoms with Crippen molar-refractivity contribution in [1.29, 1.82) is 0 Å². The Labute approximate surface area is 131 Å². The molecule has 1 N–H and O–H groups in total. The topological polar surface area (TPSA) is 41.0 Å². The number of rotatable bonds is 8. The summed E-state index contributed by atoms with van der Waals surface area (Å²) in [5.41, 5.74) is 2.45. The lowest BCUT2D eigenvalue weighted by Crippen LogP contribution is -2.21. The molecule has 0 saturated carbocycles. The van der Waals surface area contributed by atoms with E-state index >= 15 is 0 Å². The van der Waals surface area contributed by atoms with Crippen molar-refractivity contribution in [2.75, 3.05) is 25.0 Å². The zero-order valence-electron chi connectivity index (χ0n) is 13.0. The highest BCUT2D eigenvalue weighted by Crippen LogP contribution is 2.23. The minimum atomic E-state index is 0.323. The third-order valence-electron chi connectivity index (χ3n) is 3.47. The van der Waals surface area contributed by atoms with Crippen LogP contribution < -0.4 is 10.2 Å². The van der Waals surface area contributed by atoms with Crippen molar-refractivity contribution in [2.24, 2.45) is 0 Å². The van der Waals surface area contributed by atoms with Crippen molar-refractivity contribution in [1.82, 2.24) is 15.3 Å². The van der Waals surface area contributed by atoms with E-state index in [0.29, 0.717) is 6.04 Å². The molecule has 2 aromatic heterocycles. The molecule has 0 aliphatic heterocycles. The van der Waals surface area contributed by atoms with Crippen molar-refractivity contribution >= 4 is 16.5 Å². The third-order valence-corrected chi connectivity index (χ3v) is 4.44. The lowest BCUT2D eigenvalue weighted by molar-refractivity contribution is 0.561. The first kappa shape index (κ1) is 15.9. The van der Waals surface area contributed by atoms with Crippen LogP contribution in [0.4, 0.5) is 5.13 Å². The molecule has 0 aromatic carbocycles. The largest absolute Gasteiger partial charge is 0.351 e. The molecule has 5 heteroatoms. The van der Waals surface area contributed by atoms with Gasteiger partial charge in [0.1, 0.15) is 0 Å². The predicted molar refractivity (Wildman–Crippen MR) is 90.0 cm³/mol. The second-order valence-electron chi connectivity index (χ2n) is 5.26. The molecule has 0 amide bonds. The number of anilines is 1. The van der Waals surface area contributed by atoms with Gasteiger partial charge in [0.25, 0.3) is 0 Å². The maximum absolute atomic E-state index is 4.74. The highest BCUT2D eigenvalue weighted by atomic mass is 32.1. The van der Waals surface area contributed by atoms with E-state index in [1.165, 1.54) is 5.56 Å². The van der Waals surface area contributed by atoms with Crippen molar-refractivity contribution in [3.8, 4) is 0 Å². The van der Waals surface area contributed by atoms with Gasteiger partial charge in [-0.1, -0.05) is 6.92 Å². The number of nitrogens with one attached hydrogen (secondary N) is 1. The summed E-state index contributed by atoms with van der Waals surface area (Å²) in [4.78, 5) is 11.0. The lowest BCUT2D eigenvalue weighted by atomic mass is 10.2. The summed E-state index contributed by atoms with van der Waals surface area (Å²) in [5, 5.41) is 6.72. The number of hydrogen-bond acceptors (Lipinski definition) is 5. The van der Waals surface area contributed by atoms with Crippen LogP contribution in [0.5, 0.6) is 0 Å². The van der Waals surface area contributed by atoms with E-state index < -0.39 is 0 Å². The van der Waals surface area contributed by atoms with Crippen molar-refractivity contribution in [2.45, 2.75) is 32.7 Å². The molecule has 4 nitrogen and oxygen atoms in total. The van der Waals surface area contributed by atoms with Gasteiger partial charge in [-0.2, -0.15) is 0 Å². The second kappa shape index (κ2) is 8.10. The summed E-state index contributed by atoms with van der Waals surface area (Å²) >= 11 is 1.72. The van der Waals surface area contributed by atoms with Crippen LogP contribution in [0.2, 0.25) is 0 Å². The normalized spacial score (nSPS) is 12.3. The van der Waals surface area contributed by atoms with Gasteiger partial charge < -0.3 is 10.2 Å². The van der Waals surface area contributed by atoms with Crippen LogP contribution in [-0.4, -0.2) is 30.1 Å². The summed E-state index contributed by atoms with van der Waals surface area (Å²) in [6.07, 6.45) is 5.85. The molecule has 114 valence electrons. The van der Waals surface area contributed by atoms with Crippen molar-refractivity contribution in [3.05, 3.63) is 41.2 Å². The molecular weight excluding hydrogens is 280 g/mol. The fourth-order valence-corrected chi connectivity index (χ4v) is 2.97. The number of pyridine rings is 1. The number of likely N-dealkylation sites (N-methyl/N-ethyl adjacent to an activating group) is 1. The minimum Gasteiger partial charge on any atom is -0.351 e. The molecule has 0 aliphatic carbocycles. The number of nitrogens with zero attached hydrogens (tertiary/aromatic N) is 3. The number of hydrogen-bond donors (Lipinski definition) is 1. The van der Waals surface area contributed by atoms with Crippen LogP contribution >= 0.6 is 11.3 Å². The zero-order valence-corrected chi connectivity index (χ0v) is 13.9. The monoisotopic (exact) mass is 304 g/mol. The maximum Gasteiger partial charge on any atom is 0.185 e. The third kappa shape index (κ3) is 4.79. The van der Waals surface area contributed by atoms with E-state index in [-0.39, 0.29) is 0 Å². The summed E-state index contributed by atoms with van der Waals surface area (Å²) < 4.78 is 0. The van der Waals surface area contributed by atoms with Crippen molar-refractivity contribution < 1.29 is 0 Å². The lowest BCUT2D eigenvalue weighted by Gasteiger charge is -2.16. The van der Waals surface area contributed by atoms with Gasteiger partial charge in [-0.25, -0.2) is 4.98 Å². The Balaban J connectivity index is 1.88. The van der Waals surface area contributed by atoms with E-state index in [9.17, 15) is 0 Å². The van der Waals surface area contributed by atoms with E-state index in [2.05, 4.69) is 53.6 Å². The summed E-state index contributed by atoms with van der Waals surface area (Å²) in [6.45, 7) is 6.35. The maximum atomic E-state index is 4.74. The molecule has 0 radical (unpaired) electrons. The van der Waals surface area contributed by atoms with Gasteiger partial charge in [-0.3, -0.25) is 4.98 Å². The van der Waals surface area contributed by atoms with Gasteiger partial charge in [0.05, 0.1) is 5.69 Å². The van der Waals surface area contributed by atoms with Gasteiger partial charge in [-0.15, -0.1) is 11.3 Å². The molecule has 0 spiro atoms. The predicted octanol–water partition coefficient (Wildman–Crippen LogP) is 3.28. The summed E-state index contributed by atoms with van der Waals surface area (Å²) in [7, 11) is 2.11. The van der Waals surface area contributed by atoms with Gasteiger partial charge in [-0.05, 0) is 44.0 Å². The Bertz CT molecular complexity index is 526. The molecule has 0 aliphatic rings. The molecule has 2 aromatic rings. The van der Waals surface area contributed by atoms with Gasteiger partial charge in [0.15, 0.2) is 5.13 Å². The van der Waals surface area contributed by atoms with Crippen LogP contribution in [-0.2, 0) is 6.42 Å². The van der Waals surface area contributed by atoms with Crippen LogP contribution in [0.1, 0.15) is 37.6 Å². The number of thiazole rings is 1. The van der Waals surface area contributed by atoms with E-state index in [0.717, 1.165) is 36.8 Å². The summed E-state index contributed by atoms with van der Waals surface area (Å²) in [6, 6.07) is 4.46. The van der Waals surface area contributed by atoms with Gasteiger partial charge >= 0.3 is 0 Å². The standard InChI is InChI=1S/C16H24N4S/c1-4-8-18-13(2)15-12-21-16(19-15)20(3)11-7-14-5-9-17-10-6-14/h5-6,9-10,12-13,18H,4,7-8,11H2,1-3H3. The van der Waals surface area contributed by atoms with E-state index in [1.54, 1.807) is 11.3 Å². The average Bonchev–Trinajstić information content (AvgIpc) is 3.01. The molecule has 2 heterocycles. The molecule has 21 heavy (non-hydrogen) atoms. The zero-order chi connectivity index (χ0) is 15.1. The Morgan fingerprint density at radius 2 is 2.10 bits per heavy atom. The van der Waals surface area contributed by atoms with E-state index in [1.807, 2.05) is 12.4 Å². The Morgan fingerprint density at radius 1 is 1.33 bits per heavy atom. The molecular formula is C16H24N4S. The van der Waals surface area contributed by atoms with Crippen LogP contribution in [0, 0.1) is 0 Å². The molecule has 2 rings (SSSR count). The minimum absolute atomic E-state index is 0.323. The number of aromatic nitrogens is 2. The van der Waals surface area contributed by atoms with Crippen LogP contribution in [0.3, 0.4) is 0 Å². The van der Waals surface area contributed by atoms with Gasteiger partial charge in [0.2, 0.25) is 0 Å². The van der Waals surface area contributed by atoms with Crippen LogP contribution in [0.15, 0.2) is 29.9 Å². The molecule has 1 atom stereocenters. The molecule has 1 unspecified atom stereocenters. The first-order valence-electron chi connectivity index (χ1n) is 7.49.